The van der Waals surface area contributed by atoms with Crippen molar-refractivity contribution in [1.82, 2.24) is 0 Å². The Kier molecular flexibility index (Phi) is 3.39. The highest BCUT2D eigenvalue weighted by Crippen LogP contribution is 2.42. The fourth-order valence-electron chi connectivity index (χ4n) is 2.86. The van der Waals surface area contributed by atoms with E-state index in [1.807, 2.05) is 0 Å². The molecule has 2 aromatic carbocycles. The van der Waals surface area contributed by atoms with Crippen LogP contribution >= 0.6 is 0 Å². The second-order valence-corrected chi connectivity index (χ2v) is 5.32. The summed E-state index contributed by atoms with van der Waals surface area (Å²) in [5.41, 5.74) is 0.457. The molecule has 0 heterocycles. The number of aromatic hydroxyl groups is 2. The molecule has 0 aromatic heterocycles. The first-order chi connectivity index (χ1) is 10.5. The predicted molar refractivity (Wildman–Crippen MR) is 82.9 cm³/mol. The molecule has 2 aromatic rings. The summed E-state index contributed by atoms with van der Waals surface area (Å²) in [5, 5.41) is 39.6. The van der Waals surface area contributed by atoms with Crippen molar-refractivity contribution in [2.45, 2.75) is 11.5 Å². The van der Waals surface area contributed by atoms with Gasteiger partial charge in [0.05, 0.1) is 5.41 Å². The van der Waals surface area contributed by atoms with Crippen molar-refractivity contribution in [3.63, 3.8) is 0 Å². The standard InChI is InChI=1S/C18H16O4/c19-14-7-3-12(4-8-14)18(11-1-2-16(21)17(18)22)13-5-9-15(20)10-6-13/h1-11,17,19-22H. The highest BCUT2D eigenvalue weighted by molar-refractivity contribution is 5.52. The van der Waals surface area contributed by atoms with E-state index in [0.29, 0.717) is 0 Å². The lowest BCUT2D eigenvalue weighted by Crippen LogP contribution is -2.41. The van der Waals surface area contributed by atoms with E-state index in [-0.39, 0.29) is 17.3 Å². The Labute approximate surface area is 127 Å². The first-order valence-corrected chi connectivity index (χ1v) is 6.89. The second kappa shape index (κ2) is 5.24. The molecule has 4 nitrogen and oxygen atoms in total. The minimum atomic E-state index is -1.16. The minimum absolute atomic E-state index is 0.124. The third-order valence-corrected chi connectivity index (χ3v) is 4.03. The highest BCUT2D eigenvalue weighted by Gasteiger charge is 2.42. The largest absolute Gasteiger partial charge is 0.509 e. The Balaban J connectivity index is 2.23. The SMILES string of the molecule is OC1=CC=CC(c2ccc(O)cc2)(c2ccc(O)cc2)C1O. The molecule has 3 rings (SSSR count). The average Bonchev–Trinajstić information content (AvgIpc) is 2.52. The van der Waals surface area contributed by atoms with Gasteiger partial charge in [-0.15, -0.1) is 0 Å². The van der Waals surface area contributed by atoms with E-state index in [2.05, 4.69) is 0 Å². The molecule has 1 aliphatic rings. The molecule has 1 unspecified atom stereocenters. The maximum absolute atomic E-state index is 10.6. The van der Waals surface area contributed by atoms with Crippen LogP contribution in [0.3, 0.4) is 0 Å². The van der Waals surface area contributed by atoms with Gasteiger partial charge in [-0.2, -0.15) is 0 Å². The average molecular weight is 296 g/mol. The van der Waals surface area contributed by atoms with Crippen LogP contribution in [0, 0.1) is 0 Å². The fourth-order valence-corrected chi connectivity index (χ4v) is 2.86. The molecule has 4 heteroatoms. The van der Waals surface area contributed by atoms with Gasteiger partial charge < -0.3 is 20.4 Å². The van der Waals surface area contributed by atoms with Crippen LogP contribution in [0.4, 0.5) is 0 Å². The Hall–Kier alpha value is -2.72. The summed E-state index contributed by atoms with van der Waals surface area (Å²) in [6.07, 6.45) is 3.77. The monoisotopic (exact) mass is 296 g/mol. The summed E-state index contributed by atoms with van der Waals surface area (Å²) in [5.74, 6) is 0.112. The van der Waals surface area contributed by atoms with Gasteiger partial charge >= 0.3 is 0 Å². The molecular formula is C18H16O4. The minimum Gasteiger partial charge on any atom is -0.509 e. The van der Waals surface area contributed by atoms with Crippen LogP contribution < -0.4 is 0 Å². The van der Waals surface area contributed by atoms with Gasteiger partial charge in [0.1, 0.15) is 23.4 Å². The Morgan fingerprint density at radius 3 is 1.64 bits per heavy atom. The Bertz CT molecular complexity index is 681. The molecule has 0 fully saturated rings. The maximum Gasteiger partial charge on any atom is 0.128 e. The van der Waals surface area contributed by atoms with E-state index < -0.39 is 11.5 Å². The smallest absolute Gasteiger partial charge is 0.128 e. The van der Waals surface area contributed by atoms with Gasteiger partial charge in [0.25, 0.3) is 0 Å². The van der Waals surface area contributed by atoms with Crippen molar-refractivity contribution in [2.24, 2.45) is 0 Å². The van der Waals surface area contributed by atoms with Crippen molar-refractivity contribution in [2.75, 3.05) is 0 Å². The number of allylic oxidation sites excluding steroid dienone is 2. The van der Waals surface area contributed by atoms with E-state index >= 15 is 0 Å². The Morgan fingerprint density at radius 1 is 0.727 bits per heavy atom. The quantitative estimate of drug-likeness (QED) is 0.687. The number of aliphatic hydroxyl groups excluding tert-OH is 2. The summed E-state index contributed by atoms with van der Waals surface area (Å²) < 4.78 is 0. The molecule has 0 saturated heterocycles. The molecule has 0 amide bonds. The fraction of sp³-hybridized carbons (Fsp3) is 0.111. The number of hydrogen-bond acceptors (Lipinski definition) is 4. The number of hydrogen-bond donors (Lipinski definition) is 4. The number of benzene rings is 2. The van der Waals surface area contributed by atoms with Crippen molar-refractivity contribution in [1.29, 1.82) is 0 Å². The van der Waals surface area contributed by atoms with Crippen molar-refractivity contribution < 1.29 is 20.4 Å². The molecule has 4 N–H and O–H groups in total. The lowest BCUT2D eigenvalue weighted by atomic mass is 9.68. The van der Waals surface area contributed by atoms with Gasteiger partial charge in [0, 0.05) is 0 Å². The lowest BCUT2D eigenvalue weighted by molar-refractivity contribution is 0.109. The van der Waals surface area contributed by atoms with Crippen LogP contribution in [0.1, 0.15) is 11.1 Å². The zero-order valence-electron chi connectivity index (χ0n) is 11.7. The third kappa shape index (κ3) is 2.14. The van der Waals surface area contributed by atoms with Gasteiger partial charge in [-0.05, 0) is 41.5 Å². The van der Waals surface area contributed by atoms with E-state index in [4.69, 9.17) is 0 Å². The van der Waals surface area contributed by atoms with Gasteiger partial charge in [0.15, 0.2) is 0 Å². The predicted octanol–water partition coefficient (Wildman–Crippen LogP) is 2.76. The third-order valence-electron chi connectivity index (χ3n) is 4.03. The highest BCUT2D eigenvalue weighted by atomic mass is 16.3. The van der Waals surface area contributed by atoms with Gasteiger partial charge in [-0.1, -0.05) is 36.4 Å². The molecule has 1 atom stereocenters. The second-order valence-electron chi connectivity index (χ2n) is 5.32. The summed E-state index contributed by atoms with van der Waals surface area (Å²) in [6, 6.07) is 13.0. The molecular weight excluding hydrogens is 280 g/mol. The number of phenols is 2. The van der Waals surface area contributed by atoms with Gasteiger partial charge in [-0.3, -0.25) is 0 Å². The topological polar surface area (TPSA) is 80.9 Å². The van der Waals surface area contributed by atoms with Crippen LogP contribution in [0.15, 0.2) is 72.5 Å². The van der Waals surface area contributed by atoms with Crippen molar-refractivity contribution in [3.05, 3.63) is 83.6 Å². The molecule has 0 radical (unpaired) electrons. The van der Waals surface area contributed by atoms with E-state index in [1.54, 1.807) is 36.4 Å². The van der Waals surface area contributed by atoms with Crippen LogP contribution in [-0.4, -0.2) is 26.5 Å². The zero-order valence-corrected chi connectivity index (χ0v) is 11.7. The maximum atomic E-state index is 10.6. The van der Waals surface area contributed by atoms with E-state index in [9.17, 15) is 20.4 Å². The van der Waals surface area contributed by atoms with Crippen LogP contribution in [0.2, 0.25) is 0 Å². The Morgan fingerprint density at radius 2 is 1.18 bits per heavy atom. The molecule has 22 heavy (non-hydrogen) atoms. The molecule has 112 valence electrons. The first-order valence-electron chi connectivity index (χ1n) is 6.89. The van der Waals surface area contributed by atoms with Gasteiger partial charge in [0.2, 0.25) is 0 Å². The molecule has 1 aliphatic carbocycles. The first kappa shape index (κ1) is 14.2. The molecule has 0 aliphatic heterocycles. The number of aliphatic hydroxyl groups is 2. The molecule has 0 saturated carbocycles. The summed E-state index contributed by atoms with van der Waals surface area (Å²) in [6.45, 7) is 0. The van der Waals surface area contributed by atoms with Crippen LogP contribution in [0.5, 0.6) is 11.5 Å². The van der Waals surface area contributed by atoms with E-state index in [1.165, 1.54) is 30.3 Å². The summed E-state index contributed by atoms with van der Waals surface area (Å²) in [4.78, 5) is 0. The molecule has 0 spiro atoms. The van der Waals surface area contributed by atoms with Crippen molar-refractivity contribution in [3.8, 4) is 11.5 Å². The van der Waals surface area contributed by atoms with Crippen LogP contribution in [-0.2, 0) is 5.41 Å². The zero-order chi connectivity index (χ0) is 15.7. The summed E-state index contributed by atoms with van der Waals surface area (Å²) in [7, 11) is 0. The van der Waals surface area contributed by atoms with Crippen LogP contribution in [0.25, 0.3) is 0 Å². The summed E-state index contributed by atoms with van der Waals surface area (Å²) >= 11 is 0. The lowest BCUT2D eigenvalue weighted by Gasteiger charge is -2.38. The van der Waals surface area contributed by atoms with E-state index in [0.717, 1.165) is 11.1 Å². The van der Waals surface area contributed by atoms with Gasteiger partial charge in [-0.25, -0.2) is 0 Å². The van der Waals surface area contributed by atoms with Crippen molar-refractivity contribution >= 4 is 0 Å². The molecule has 0 bridgehead atoms. The number of phenolic OH excluding ortho intramolecular Hbond substituents is 2. The normalized spacial score (nSPS) is 19.7. The number of rotatable bonds is 2.